The maximum atomic E-state index is 13.2. The van der Waals surface area contributed by atoms with Gasteiger partial charge in [-0.05, 0) is 53.9 Å². The average Bonchev–Trinajstić information content (AvgIpc) is 2.79. The standard InChI is InChI=1S/C26H25NO3/c1-4-18-9-11-19(12-10-18)17-29-26-24(28)22-7-5-6-8-23(22)30-25(26)20-13-15-21(16-14-20)27(2)3/h5-16H,4,17H2,1-3H3. The van der Waals surface area contributed by atoms with E-state index in [-0.39, 0.29) is 11.2 Å². The SMILES string of the molecule is CCc1ccc(COc2c(-c3ccc(N(C)C)cc3)oc3ccccc3c2=O)cc1. The van der Waals surface area contributed by atoms with E-state index in [1.807, 2.05) is 73.6 Å². The fourth-order valence-corrected chi connectivity index (χ4v) is 3.38. The van der Waals surface area contributed by atoms with E-state index in [0.717, 1.165) is 23.2 Å². The quantitative estimate of drug-likeness (QED) is 0.419. The maximum Gasteiger partial charge on any atom is 0.235 e. The minimum absolute atomic E-state index is 0.159. The Kier molecular flexibility index (Phi) is 5.57. The molecule has 4 nitrogen and oxygen atoms in total. The molecule has 1 aromatic heterocycles. The number of ether oxygens (including phenoxy) is 1. The summed E-state index contributed by atoms with van der Waals surface area (Å²) < 4.78 is 12.2. The zero-order valence-electron chi connectivity index (χ0n) is 17.5. The monoisotopic (exact) mass is 399 g/mol. The van der Waals surface area contributed by atoms with Crippen molar-refractivity contribution in [3.8, 4) is 17.1 Å². The first-order chi connectivity index (χ1) is 14.6. The molecule has 30 heavy (non-hydrogen) atoms. The summed E-state index contributed by atoms with van der Waals surface area (Å²) in [4.78, 5) is 15.3. The molecule has 1 heterocycles. The van der Waals surface area contributed by atoms with Crippen LogP contribution in [0.2, 0.25) is 0 Å². The van der Waals surface area contributed by atoms with Crippen LogP contribution >= 0.6 is 0 Å². The highest BCUT2D eigenvalue weighted by Crippen LogP contribution is 2.32. The summed E-state index contributed by atoms with van der Waals surface area (Å²) >= 11 is 0. The van der Waals surface area contributed by atoms with Crippen LogP contribution in [0.3, 0.4) is 0 Å². The van der Waals surface area contributed by atoms with Gasteiger partial charge >= 0.3 is 0 Å². The molecule has 0 amide bonds. The Labute approximate surface area is 176 Å². The van der Waals surface area contributed by atoms with E-state index in [4.69, 9.17) is 9.15 Å². The maximum absolute atomic E-state index is 13.2. The van der Waals surface area contributed by atoms with Crippen molar-refractivity contribution in [3.63, 3.8) is 0 Å². The molecule has 0 radical (unpaired) electrons. The van der Waals surface area contributed by atoms with Crippen molar-refractivity contribution in [3.05, 3.63) is 94.1 Å². The van der Waals surface area contributed by atoms with E-state index >= 15 is 0 Å². The lowest BCUT2D eigenvalue weighted by Gasteiger charge is -2.14. The van der Waals surface area contributed by atoms with Crippen molar-refractivity contribution in [2.45, 2.75) is 20.0 Å². The first-order valence-electron chi connectivity index (χ1n) is 10.1. The number of para-hydroxylation sites is 1. The van der Waals surface area contributed by atoms with Crippen LogP contribution in [0.5, 0.6) is 5.75 Å². The summed E-state index contributed by atoms with van der Waals surface area (Å²) in [7, 11) is 3.98. The molecule has 0 saturated carbocycles. The number of nitrogens with zero attached hydrogens (tertiary/aromatic N) is 1. The molecule has 4 aromatic rings. The lowest BCUT2D eigenvalue weighted by Crippen LogP contribution is -2.10. The lowest BCUT2D eigenvalue weighted by molar-refractivity contribution is 0.298. The molecule has 0 spiro atoms. The topological polar surface area (TPSA) is 42.7 Å². The molecule has 0 N–H and O–H groups in total. The first kappa shape index (κ1) is 19.8. The van der Waals surface area contributed by atoms with Crippen molar-refractivity contribution < 1.29 is 9.15 Å². The zero-order valence-corrected chi connectivity index (χ0v) is 17.5. The van der Waals surface area contributed by atoms with Gasteiger partial charge in [0.1, 0.15) is 12.2 Å². The van der Waals surface area contributed by atoms with Gasteiger partial charge < -0.3 is 14.1 Å². The van der Waals surface area contributed by atoms with Crippen molar-refractivity contribution in [2.75, 3.05) is 19.0 Å². The third-order valence-corrected chi connectivity index (χ3v) is 5.22. The normalized spacial score (nSPS) is 10.9. The molecule has 4 rings (SSSR count). The van der Waals surface area contributed by atoms with Gasteiger partial charge in [-0.3, -0.25) is 4.79 Å². The summed E-state index contributed by atoms with van der Waals surface area (Å²) in [5.74, 6) is 0.694. The first-order valence-corrected chi connectivity index (χ1v) is 10.1. The molecule has 0 bridgehead atoms. The molecule has 0 aliphatic heterocycles. The molecule has 0 saturated heterocycles. The Morgan fingerprint density at radius 3 is 2.20 bits per heavy atom. The third-order valence-electron chi connectivity index (χ3n) is 5.22. The van der Waals surface area contributed by atoms with E-state index in [1.165, 1.54) is 5.56 Å². The van der Waals surface area contributed by atoms with Gasteiger partial charge in [-0.2, -0.15) is 0 Å². The third kappa shape index (κ3) is 3.94. The second kappa shape index (κ2) is 8.46. The lowest BCUT2D eigenvalue weighted by atomic mass is 10.1. The van der Waals surface area contributed by atoms with Gasteiger partial charge in [-0.25, -0.2) is 0 Å². The Hall–Kier alpha value is -3.53. The van der Waals surface area contributed by atoms with Gasteiger partial charge in [0, 0.05) is 25.3 Å². The van der Waals surface area contributed by atoms with Crippen LogP contribution in [0.1, 0.15) is 18.1 Å². The number of fused-ring (bicyclic) bond motifs is 1. The smallest absolute Gasteiger partial charge is 0.235 e. The highest BCUT2D eigenvalue weighted by atomic mass is 16.5. The van der Waals surface area contributed by atoms with Crippen LogP contribution in [-0.2, 0) is 13.0 Å². The Balaban J connectivity index is 1.76. The van der Waals surface area contributed by atoms with Crippen LogP contribution in [0.25, 0.3) is 22.3 Å². The van der Waals surface area contributed by atoms with Crippen LogP contribution in [0, 0.1) is 0 Å². The predicted molar refractivity (Wildman–Crippen MR) is 122 cm³/mol. The summed E-state index contributed by atoms with van der Waals surface area (Å²) in [6, 6.07) is 23.4. The molecule has 4 heteroatoms. The molecular formula is C26H25NO3. The van der Waals surface area contributed by atoms with Crippen molar-refractivity contribution in [2.24, 2.45) is 0 Å². The van der Waals surface area contributed by atoms with E-state index in [2.05, 4.69) is 19.1 Å². The molecule has 0 atom stereocenters. The van der Waals surface area contributed by atoms with E-state index in [1.54, 1.807) is 6.07 Å². The molecule has 0 unspecified atom stereocenters. The summed E-state index contributed by atoms with van der Waals surface area (Å²) in [6.07, 6.45) is 0.989. The average molecular weight is 399 g/mol. The van der Waals surface area contributed by atoms with Gasteiger partial charge in [0.15, 0.2) is 5.76 Å². The van der Waals surface area contributed by atoms with Gasteiger partial charge in [0.05, 0.1) is 5.39 Å². The highest BCUT2D eigenvalue weighted by Gasteiger charge is 2.18. The summed E-state index contributed by atoms with van der Waals surface area (Å²) in [5.41, 5.74) is 4.54. The van der Waals surface area contributed by atoms with Crippen molar-refractivity contribution >= 4 is 16.7 Å². The van der Waals surface area contributed by atoms with Crippen LogP contribution in [-0.4, -0.2) is 14.1 Å². The Morgan fingerprint density at radius 2 is 1.53 bits per heavy atom. The van der Waals surface area contributed by atoms with E-state index in [9.17, 15) is 4.79 Å². The fraction of sp³-hybridized carbons (Fsp3) is 0.192. The van der Waals surface area contributed by atoms with Gasteiger partial charge in [0.25, 0.3) is 0 Å². The number of hydrogen-bond donors (Lipinski definition) is 0. The van der Waals surface area contributed by atoms with Crippen LogP contribution in [0.4, 0.5) is 5.69 Å². The Bertz CT molecular complexity index is 1210. The zero-order chi connectivity index (χ0) is 21.1. The molecule has 0 fully saturated rings. The summed E-state index contributed by atoms with van der Waals surface area (Å²) in [5, 5.41) is 0.516. The van der Waals surface area contributed by atoms with E-state index < -0.39 is 0 Å². The molecule has 152 valence electrons. The molecule has 0 aliphatic rings. The largest absolute Gasteiger partial charge is 0.481 e. The molecule has 0 aliphatic carbocycles. The van der Waals surface area contributed by atoms with Gasteiger partial charge in [-0.1, -0.05) is 43.3 Å². The Morgan fingerprint density at radius 1 is 0.867 bits per heavy atom. The van der Waals surface area contributed by atoms with Crippen LogP contribution in [0.15, 0.2) is 82.0 Å². The number of rotatable bonds is 6. The predicted octanol–water partition coefficient (Wildman–Crippen LogP) is 5.67. The molecular weight excluding hydrogens is 374 g/mol. The minimum Gasteiger partial charge on any atom is -0.481 e. The molecule has 3 aromatic carbocycles. The second-order valence-electron chi connectivity index (χ2n) is 7.49. The minimum atomic E-state index is -0.159. The van der Waals surface area contributed by atoms with Crippen molar-refractivity contribution in [1.82, 2.24) is 0 Å². The van der Waals surface area contributed by atoms with E-state index in [0.29, 0.717) is 23.3 Å². The number of aryl methyl sites for hydroxylation is 1. The van der Waals surface area contributed by atoms with Crippen molar-refractivity contribution in [1.29, 1.82) is 0 Å². The fourth-order valence-electron chi connectivity index (χ4n) is 3.38. The summed E-state index contributed by atoms with van der Waals surface area (Å²) in [6.45, 7) is 2.43. The van der Waals surface area contributed by atoms with Gasteiger partial charge in [-0.15, -0.1) is 0 Å². The second-order valence-corrected chi connectivity index (χ2v) is 7.49. The number of hydrogen-bond acceptors (Lipinski definition) is 4. The number of benzene rings is 3. The van der Waals surface area contributed by atoms with Crippen LogP contribution < -0.4 is 15.1 Å². The highest BCUT2D eigenvalue weighted by molar-refractivity contribution is 5.82. The van der Waals surface area contributed by atoms with Gasteiger partial charge in [0.2, 0.25) is 11.2 Å². The number of anilines is 1.